The summed E-state index contributed by atoms with van der Waals surface area (Å²) >= 11 is 1.44. The first-order valence-corrected chi connectivity index (χ1v) is 6.74. The second-order valence-corrected chi connectivity index (χ2v) is 5.08. The molecule has 0 aromatic carbocycles. The zero-order valence-electron chi connectivity index (χ0n) is 11.1. The van der Waals surface area contributed by atoms with Crippen LogP contribution in [-0.4, -0.2) is 34.0 Å². The van der Waals surface area contributed by atoms with Crippen LogP contribution in [0.2, 0.25) is 0 Å². The zero-order chi connectivity index (χ0) is 14.5. The summed E-state index contributed by atoms with van der Waals surface area (Å²) in [5.41, 5.74) is 6.23. The van der Waals surface area contributed by atoms with E-state index < -0.39 is 0 Å². The minimum atomic E-state index is 0.193. The normalized spacial score (nSPS) is 10.1. The molecule has 2 rings (SSSR count). The number of nitrogens with two attached hydrogens (primary N) is 1. The number of anilines is 2. The van der Waals surface area contributed by atoms with Gasteiger partial charge in [-0.2, -0.15) is 20.2 Å². The summed E-state index contributed by atoms with van der Waals surface area (Å²) < 4.78 is 0. The molecular weight excluding hydrogens is 274 g/mol. The topological polar surface area (TPSA) is 105 Å². The maximum absolute atomic E-state index is 8.84. The Morgan fingerprint density at radius 3 is 2.85 bits per heavy atom. The molecule has 0 aliphatic heterocycles. The van der Waals surface area contributed by atoms with Crippen molar-refractivity contribution in [3.8, 4) is 6.07 Å². The van der Waals surface area contributed by atoms with Gasteiger partial charge in [-0.25, -0.2) is 4.98 Å². The predicted molar refractivity (Wildman–Crippen MR) is 77.1 cm³/mol. The van der Waals surface area contributed by atoms with E-state index in [2.05, 4.69) is 26.0 Å². The van der Waals surface area contributed by atoms with Crippen LogP contribution in [0.15, 0.2) is 23.4 Å². The number of hydrogen-bond donors (Lipinski definition) is 1. The van der Waals surface area contributed by atoms with Gasteiger partial charge in [-0.05, 0) is 12.1 Å². The summed E-state index contributed by atoms with van der Waals surface area (Å²) in [6, 6.07) is 5.46. The molecule has 0 bridgehead atoms. The van der Waals surface area contributed by atoms with Crippen LogP contribution in [0.4, 0.5) is 11.9 Å². The monoisotopic (exact) mass is 287 g/mol. The summed E-state index contributed by atoms with van der Waals surface area (Å²) in [5.74, 6) is 1.80. The molecule has 2 heterocycles. The first-order valence-electron chi connectivity index (χ1n) is 5.75. The van der Waals surface area contributed by atoms with Crippen molar-refractivity contribution in [3.05, 3.63) is 29.7 Å². The molecule has 0 amide bonds. The number of nitrogen functional groups attached to an aromatic ring is 1. The van der Waals surface area contributed by atoms with Gasteiger partial charge in [0.15, 0.2) is 0 Å². The van der Waals surface area contributed by atoms with Crippen molar-refractivity contribution in [3.63, 3.8) is 0 Å². The Bertz CT molecular complexity index is 650. The number of rotatable bonds is 4. The van der Waals surface area contributed by atoms with E-state index in [1.54, 1.807) is 23.2 Å². The van der Waals surface area contributed by atoms with Crippen molar-refractivity contribution < 1.29 is 0 Å². The Morgan fingerprint density at radius 2 is 2.15 bits per heavy atom. The highest BCUT2D eigenvalue weighted by Crippen LogP contribution is 2.20. The molecule has 0 aliphatic carbocycles. The van der Waals surface area contributed by atoms with Crippen molar-refractivity contribution in [2.75, 3.05) is 24.7 Å². The maximum atomic E-state index is 8.84. The van der Waals surface area contributed by atoms with Gasteiger partial charge in [0.25, 0.3) is 0 Å². The molecule has 2 aromatic heterocycles. The third kappa shape index (κ3) is 3.55. The highest BCUT2D eigenvalue weighted by atomic mass is 32.2. The van der Waals surface area contributed by atoms with Crippen molar-refractivity contribution >= 4 is 23.7 Å². The molecule has 7 nitrogen and oxygen atoms in total. The summed E-state index contributed by atoms with van der Waals surface area (Å²) in [7, 11) is 3.67. The molecule has 0 spiro atoms. The van der Waals surface area contributed by atoms with Crippen LogP contribution in [0.1, 0.15) is 11.4 Å². The van der Waals surface area contributed by atoms with E-state index in [-0.39, 0.29) is 5.95 Å². The molecule has 102 valence electrons. The number of aromatic nitrogens is 4. The van der Waals surface area contributed by atoms with E-state index >= 15 is 0 Å². The molecule has 0 unspecified atom stereocenters. The third-order valence-corrected chi connectivity index (χ3v) is 3.22. The highest BCUT2D eigenvalue weighted by Gasteiger charge is 2.07. The molecule has 2 N–H and O–H groups in total. The van der Waals surface area contributed by atoms with Gasteiger partial charge in [0.05, 0.1) is 22.4 Å². The molecular formula is C12H13N7S. The van der Waals surface area contributed by atoms with Crippen LogP contribution in [0.25, 0.3) is 0 Å². The van der Waals surface area contributed by atoms with E-state index in [0.29, 0.717) is 23.1 Å². The lowest BCUT2D eigenvalue weighted by atomic mass is 10.3. The number of nitriles is 1. The standard InChI is InChI=1S/C12H13N7S/c1-19(2)12-17-9(16-11(14)18-12)7-20-10-5-8(6-13)3-4-15-10/h3-5H,7H2,1-2H3,(H2,14,16,17,18). The summed E-state index contributed by atoms with van der Waals surface area (Å²) in [5, 5.41) is 9.58. The quantitative estimate of drug-likeness (QED) is 0.833. The number of thioether (sulfide) groups is 1. The fraction of sp³-hybridized carbons (Fsp3) is 0.250. The van der Waals surface area contributed by atoms with E-state index in [4.69, 9.17) is 11.0 Å². The second kappa shape index (κ2) is 6.16. The number of pyridine rings is 1. The fourth-order valence-electron chi connectivity index (χ4n) is 1.39. The average molecular weight is 287 g/mol. The van der Waals surface area contributed by atoms with Gasteiger partial charge in [0.2, 0.25) is 11.9 Å². The molecule has 0 atom stereocenters. The van der Waals surface area contributed by atoms with E-state index in [0.717, 1.165) is 5.03 Å². The minimum absolute atomic E-state index is 0.193. The van der Waals surface area contributed by atoms with Crippen molar-refractivity contribution in [1.29, 1.82) is 5.26 Å². The van der Waals surface area contributed by atoms with Gasteiger partial charge in [-0.15, -0.1) is 0 Å². The van der Waals surface area contributed by atoms with Gasteiger partial charge in [-0.3, -0.25) is 0 Å². The lowest BCUT2D eigenvalue weighted by Crippen LogP contribution is -2.15. The molecule has 0 fully saturated rings. The van der Waals surface area contributed by atoms with Gasteiger partial charge in [0.1, 0.15) is 5.82 Å². The lowest BCUT2D eigenvalue weighted by Gasteiger charge is -2.11. The molecule has 8 heteroatoms. The summed E-state index contributed by atoms with van der Waals surface area (Å²) in [6.45, 7) is 0. The summed E-state index contributed by atoms with van der Waals surface area (Å²) in [4.78, 5) is 18.4. The Kier molecular flexibility index (Phi) is 4.32. The van der Waals surface area contributed by atoms with E-state index in [1.165, 1.54) is 11.8 Å². The van der Waals surface area contributed by atoms with Gasteiger partial charge in [0, 0.05) is 20.3 Å². The first-order chi connectivity index (χ1) is 9.58. The molecule has 20 heavy (non-hydrogen) atoms. The van der Waals surface area contributed by atoms with Crippen LogP contribution < -0.4 is 10.6 Å². The Hall–Kier alpha value is -2.40. The Labute approximate surface area is 120 Å². The van der Waals surface area contributed by atoms with Crippen LogP contribution in [0.5, 0.6) is 0 Å². The van der Waals surface area contributed by atoms with E-state index in [9.17, 15) is 0 Å². The lowest BCUT2D eigenvalue weighted by molar-refractivity contribution is 0.918. The molecule has 0 saturated heterocycles. The van der Waals surface area contributed by atoms with Crippen LogP contribution >= 0.6 is 11.8 Å². The smallest absolute Gasteiger partial charge is 0.229 e. The molecule has 0 saturated carbocycles. The second-order valence-electron chi connectivity index (χ2n) is 4.09. The van der Waals surface area contributed by atoms with Gasteiger partial charge >= 0.3 is 0 Å². The van der Waals surface area contributed by atoms with Crippen molar-refractivity contribution in [2.45, 2.75) is 10.8 Å². The number of hydrogen-bond acceptors (Lipinski definition) is 8. The largest absolute Gasteiger partial charge is 0.368 e. The third-order valence-electron chi connectivity index (χ3n) is 2.30. The predicted octanol–water partition coefficient (Wildman–Crippen LogP) is 1.08. The first kappa shape index (κ1) is 14.0. The SMILES string of the molecule is CN(C)c1nc(N)nc(CSc2cc(C#N)ccn2)n1. The maximum Gasteiger partial charge on any atom is 0.229 e. The van der Waals surface area contributed by atoms with Gasteiger partial charge in [-0.1, -0.05) is 11.8 Å². The zero-order valence-corrected chi connectivity index (χ0v) is 11.9. The fourth-order valence-corrected chi connectivity index (χ4v) is 2.14. The van der Waals surface area contributed by atoms with Gasteiger partial charge < -0.3 is 10.6 Å². The van der Waals surface area contributed by atoms with Crippen molar-refractivity contribution in [1.82, 2.24) is 19.9 Å². The summed E-state index contributed by atoms with van der Waals surface area (Å²) in [6.07, 6.45) is 1.61. The van der Waals surface area contributed by atoms with Crippen LogP contribution in [0, 0.1) is 11.3 Å². The Balaban J connectivity index is 2.12. The van der Waals surface area contributed by atoms with E-state index in [1.807, 2.05) is 14.1 Å². The minimum Gasteiger partial charge on any atom is -0.368 e. The number of nitrogens with zero attached hydrogens (tertiary/aromatic N) is 6. The Morgan fingerprint density at radius 1 is 1.35 bits per heavy atom. The molecule has 0 aliphatic rings. The molecule has 2 aromatic rings. The molecule has 0 radical (unpaired) electrons. The van der Waals surface area contributed by atoms with Crippen molar-refractivity contribution in [2.24, 2.45) is 0 Å². The average Bonchev–Trinajstić information content (AvgIpc) is 2.44. The van der Waals surface area contributed by atoms with Crippen LogP contribution in [-0.2, 0) is 5.75 Å². The van der Waals surface area contributed by atoms with Crippen LogP contribution in [0.3, 0.4) is 0 Å². The highest BCUT2D eigenvalue weighted by molar-refractivity contribution is 7.98.